The highest BCUT2D eigenvalue weighted by atomic mass is 32.2. The van der Waals surface area contributed by atoms with E-state index in [-0.39, 0.29) is 0 Å². The van der Waals surface area contributed by atoms with Crippen LogP contribution >= 0.6 is 0 Å². The smallest absolute Gasteiger partial charge is 0.211 e. The van der Waals surface area contributed by atoms with E-state index in [1.54, 1.807) is 4.31 Å². The van der Waals surface area contributed by atoms with Crippen LogP contribution in [0.25, 0.3) is 0 Å². The lowest BCUT2D eigenvalue weighted by molar-refractivity contribution is 0.170. The molecule has 88 valence electrons. The summed E-state index contributed by atoms with van der Waals surface area (Å²) in [6.07, 6.45) is 7.40. The monoisotopic (exact) mass is 231 g/mol. The van der Waals surface area contributed by atoms with Crippen LogP contribution in [0, 0.1) is 11.3 Å². The molecule has 1 heterocycles. The first-order chi connectivity index (χ1) is 6.91. The Hall–Kier alpha value is -0.0900. The molecule has 4 heteroatoms. The fourth-order valence-electron chi connectivity index (χ4n) is 2.96. The lowest BCUT2D eigenvalue weighted by atomic mass is 9.70. The molecule has 0 aromatic carbocycles. The second kappa shape index (κ2) is 3.74. The largest absolute Gasteiger partial charge is 0.213 e. The fourth-order valence-corrected chi connectivity index (χ4v) is 3.89. The number of hydrogen-bond donors (Lipinski definition) is 0. The molecule has 1 spiro atoms. The first kappa shape index (κ1) is 11.4. The summed E-state index contributed by atoms with van der Waals surface area (Å²) in [7, 11) is -2.96. The van der Waals surface area contributed by atoms with Crippen LogP contribution < -0.4 is 0 Å². The van der Waals surface area contributed by atoms with Crippen LogP contribution in [0.2, 0.25) is 0 Å². The van der Waals surface area contributed by atoms with Gasteiger partial charge in [0, 0.05) is 13.1 Å². The highest BCUT2D eigenvalue weighted by molar-refractivity contribution is 7.88. The summed E-state index contributed by atoms with van der Waals surface area (Å²) >= 11 is 0. The van der Waals surface area contributed by atoms with E-state index in [0.717, 1.165) is 25.4 Å². The third-order valence-corrected chi connectivity index (χ3v) is 5.46. The SMILES string of the molecule is CC1CCC2(CC1)CCN(S(C)(=O)=O)C2. The van der Waals surface area contributed by atoms with Gasteiger partial charge in [0.25, 0.3) is 0 Å². The molecule has 0 atom stereocenters. The third kappa shape index (κ3) is 2.36. The lowest BCUT2D eigenvalue weighted by Crippen LogP contribution is -2.33. The summed E-state index contributed by atoms with van der Waals surface area (Å²) in [6.45, 7) is 3.82. The van der Waals surface area contributed by atoms with Crippen LogP contribution in [0.4, 0.5) is 0 Å². The maximum absolute atomic E-state index is 11.4. The topological polar surface area (TPSA) is 37.4 Å². The highest BCUT2D eigenvalue weighted by Gasteiger charge is 2.42. The van der Waals surface area contributed by atoms with E-state index in [4.69, 9.17) is 0 Å². The van der Waals surface area contributed by atoms with Crippen LogP contribution in [-0.4, -0.2) is 32.1 Å². The number of hydrogen-bond acceptors (Lipinski definition) is 2. The Bertz CT molecular complexity index is 328. The van der Waals surface area contributed by atoms with Gasteiger partial charge in [-0.1, -0.05) is 19.8 Å². The Morgan fingerprint density at radius 3 is 2.27 bits per heavy atom. The Labute approximate surface area is 92.9 Å². The maximum atomic E-state index is 11.4. The average Bonchev–Trinajstić information content (AvgIpc) is 2.55. The van der Waals surface area contributed by atoms with Crippen LogP contribution in [0.3, 0.4) is 0 Å². The third-order valence-electron chi connectivity index (χ3n) is 4.21. The van der Waals surface area contributed by atoms with Crippen molar-refractivity contribution in [2.75, 3.05) is 19.3 Å². The van der Waals surface area contributed by atoms with Crippen molar-refractivity contribution in [3.05, 3.63) is 0 Å². The normalized spacial score (nSPS) is 38.7. The summed E-state index contributed by atoms with van der Waals surface area (Å²) in [5, 5.41) is 0. The fraction of sp³-hybridized carbons (Fsp3) is 1.00. The first-order valence-corrected chi connectivity index (χ1v) is 7.71. The number of rotatable bonds is 1. The average molecular weight is 231 g/mol. The molecule has 0 aromatic heterocycles. The van der Waals surface area contributed by atoms with Crippen LogP contribution in [-0.2, 0) is 10.0 Å². The predicted octanol–water partition coefficient (Wildman–Crippen LogP) is 1.85. The molecule has 2 rings (SSSR count). The quantitative estimate of drug-likeness (QED) is 0.690. The van der Waals surface area contributed by atoms with Gasteiger partial charge in [-0.25, -0.2) is 12.7 Å². The van der Waals surface area contributed by atoms with Crippen LogP contribution in [0.15, 0.2) is 0 Å². The van der Waals surface area contributed by atoms with Gasteiger partial charge in [0.15, 0.2) is 0 Å². The standard InChI is InChI=1S/C11H21NO2S/c1-10-3-5-11(6-4-10)7-8-12(9-11)15(2,13)14/h10H,3-9H2,1-2H3. The Kier molecular flexibility index (Phi) is 2.84. The van der Waals surface area contributed by atoms with Gasteiger partial charge >= 0.3 is 0 Å². The molecule has 0 radical (unpaired) electrons. The van der Waals surface area contributed by atoms with Crippen molar-refractivity contribution >= 4 is 10.0 Å². The molecular formula is C11H21NO2S. The molecule has 0 bridgehead atoms. The van der Waals surface area contributed by atoms with Crippen molar-refractivity contribution < 1.29 is 8.42 Å². The summed E-state index contributed by atoms with van der Waals surface area (Å²) < 4.78 is 24.6. The molecule has 2 aliphatic rings. The second-order valence-corrected chi connectivity index (χ2v) is 7.51. The van der Waals surface area contributed by atoms with Crippen molar-refractivity contribution in [1.82, 2.24) is 4.31 Å². The van der Waals surface area contributed by atoms with Crippen molar-refractivity contribution in [3.63, 3.8) is 0 Å². The molecule has 1 saturated carbocycles. The molecule has 15 heavy (non-hydrogen) atoms. The summed E-state index contributed by atoms with van der Waals surface area (Å²) in [4.78, 5) is 0. The van der Waals surface area contributed by atoms with Gasteiger partial charge in [0.1, 0.15) is 0 Å². The minimum Gasteiger partial charge on any atom is -0.213 e. The predicted molar refractivity (Wildman–Crippen MR) is 61.1 cm³/mol. The van der Waals surface area contributed by atoms with Gasteiger partial charge in [-0.2, -0.15) is 0 Å². The van der Waals surface area contributed by atoms with Crippen molar-refractivity contribution in [2.24, 2.45) is 11.3 Å². The van der Waals surface area contributed by atoms with Crippen LogP contribution in [0.1, 0.15) is 39.0 Å². The van der Waals surface area contributed by atoms with Gasteiger partial charge < -0.3 is 0 Å². The highest BCUT2D eigenvalue weighted by Crippen LogP contribution is 2.45. The zero-order valence-electron chi connectivity index (χ0n) is 9.70. The van der Waals surface area contributed by atoms with E-state index in [2.05, 4.69) is 6.92 Å². The van der Waals surface area contributed by atoms with Crippen molar-refractivity contribution in [3.8, 4) is 0 Å². The van der Waals surface area contributed by atoms with Gasteiger partial charge in [-0.3, -0.25) is 0 Å². The Morgan fingerprint density at radius 1 is 1.20 bits per heavy atom. The summed E-state index contributed by atoms with van der Waals surface area (Å²) in [5.74, 6) is 0.836. The van der Waals surface area contributed by atoms with Gasteiger partial charge in [0.2, 0.25) is 10.0 Å². The first-order valence-electron chi connectivity index (χ1n) is 5.86. The van der Waals surface area contributed by atoms with E-state index in [0.29, 0.717) is 5.41 Å². The molecular weight excluding hydrogens is 210 g/mol. The molecule has 2 fully saturated rings. The molecule has 3 nitrogen and oxygen atoms in total. The van der Waals surface area contributed by atoms with E-state index in [1.807, 2.05) is 0 Å². The molecule has 0 unspecified atom stereocenters. The lowest BCUT2D eigenvalue weighted by Gasteiger charge is -2.35. The van der Waals surface area contributed by atoms with E-state index < -0.39 is 10.0 Å². The van der Waals surface area contributed by atoms with E-state index in [9.17, 15) is 8.42 Å². The molecule has 1 saturated heterocycles. The van der Waals surface area contributed by atoms with E-state index >= 15 is 0 Å². The summed E-state index contributed by atoms with van der Waals surface area (Å²) in [6, 6.07) is 0. The van der Waals surface area contributed by atoms with Crippen molar-refractivity contribution in [1.29, 1.82) is 0 Å². The molecule has 0 aromatic rings. The van der Waals surface area contributed by atoms with Gasteiger partial charge in [0.05, 0.1) is 6.26 Å². The molecule has 1 aliphatic heterocycles. The number of nitrogens with zero attached hydrogens (tertiary/aromatic N) is 1. The maximum Gasteiger partial charge on any atom is 0.211 e. The van der Waals surface area contributed by atoms with Gasteiger partial charge in [-0.15, -0.1) is 0 Å². The van der Waals surface area contributed by atoms with Crippen LogP contribution in [0.5, 0.6) is 0 Å². The van der Waals surface area contributed by atoms with E-state index in [1.165, 1.54) is 31.9 Å². The summed E-state index contributed by atoms with van der Waals surface area (Å²) in [5.41, 5.74) is 0.329. The Balaban J connectivity index is 2.03. The molecule has 1 aliphatic carbocycles. The number of sulfonamides is 1. The molecule has 0 N–H and O–H groups in total. The Morgan fingerprint density at radius 2 is 1.80 bits per heavy atom. The van der Waals surface area contributed by atoms with Gasteiger partial charge in [-0.05, 0) is 30.6 Å². The second-order valence-electron chi connectivity index (χ2n) is 5.53. The minimum absolute atomic E-state index is 0.329. The zero-order chi connectivity index (χ0) is 11.1. The molecule has 0 amide bonds. The minimum atomic E-state index is -2.96. The van der Waals surface area contributed by atoms with Crippen molar-refractivity contribution in [2.45, 2.75) is 39.0 Å². The zero-order valence-corrected chi connectivity index (χ0v) is 10.5.